The van der Waals surface area contributed by atoms with Gasteiger partial charge >= 0.3 is 17.9 Å². The number of rotatable bonds is 16. The summed E-state index contributed by atoms with van der Waals surface area (Å²) in [6, 6.07) is 0. The second-order valence-electron chi connectivity index (χ2n) is 6.66. The molecule has 2 atom stereocenters. The van der Waals surface area contributed by atoms with Crippen molar-refractivity contribution < 1.29 is 34.8 Å². The zero-order chi connectivity index (χ0) is 19.3. The summed E-state index contributed by atoms with van der Waals surface area (Å²) < 4.78 is 0. The van der Waals surface area contributed by atoms with E-state index in [-0.39, 0.29) is 6.42 Å². The highest BCUT2D eigenvalue weighted by atomic mass is 16.4. The SMILES string of the molecule is CCCCCCCCCCCC[C@H](C(=O)O)[C@](O)(CC(=O)O)C(=O)O. The third-order valence-corrected chi connectivity index (χ3v) is 4.51. The molecule has 0 saturated carbocycles. The molecule has 0 unspecified atom stereocenters. The van der Waals surface area contributed by atoms with Gasteiger partial charge in [-0.15, -0.1) is 0 Å². The topological polar surface area (TPSA) is 132 Å². The average molecular weight is 360 g/mol. The van der Waals surface area contributed by atoms with Gasteiger partial charge in [0.2, 0.25) is 0 Å². The summed E-state index contributed by atoms with van der Waals surface area (Å²) in [5.41, 5.74) is -2.78. The van der Waals surface area contributed by atoms with E-state index in [0.717, 1.165) is 25.7 Å². The minimum Gasteiger partial charge on any atom is -0.481 e. The van der Waals surface area contributed by atoms with Crippen LogP contribution in [-0.2, 0) is 14.4 Å². The number of carboxylic acids is 3. The van der Waals surface area contributed by atoms with Crippen LogP contribution in [0, 0.1) is 5.92 Å². The van der Waals surface area contributed by atoms with Gasteiger partial charge in [-0.2, -0.15) is 0 Å². The lowest BCUT2D eigenvalue weighted by Gasteiger charge is -2.28. The van der Waals surface area contributed by atoms with E-state index in [4.69, 9.17) is 10.2 Å². The normalized spacial score (nSPS) is 14.6. The van der Waals surface area contributed by atoms with E-state index in [1.165, 1.54) is 32.1 Å². The highest BCUT2D eigenvalue weighted by molar-refractivity contribution is 5.89. The van der Waals surface area contributed by atoms with E-state index in [2.05, 4.69) is 6.92 Å². The van der Waals surface area contributed by atoms with E-state index >= 15 is 0 Å². The zero-order valence-corrected chi connectivity index (χ0v) is 15.1. The van der Waals surface area contributed by atoms with Gasteiger partial charge in [0.15, 0.2) is 5.60 Å². The lowest BCUT2D eigenvalue weighted by atomic mass is 9.81. The molecule has 0 saturated heterocycles. The largest absolute Gasteiger partial charge is 0.481 e. The molecular weight excluding hydrogens is 328 g/mol. The number of carbonyl (C=O) groups is 3. The predicted molar refractivity (Wildman–Crippen MR) is 92.4 cm³/mol. The Hall–Kier alpha value is -1.63. The van der Waals surface area contributed by atoms with Crippen LogP contribution in [0.1, 0.15) is 84.0 Å². The van der Waals surface area contributed by atoms with Crippen LogP contribution in [0.3, 0.4) is 0 Å². The van der Waals surface area contributed by atoms with Crippen LogP contribution in [-0.4, -0.2) is 43.9 Å². The summed E-state index contributed by atoms with van der Waals surface area (Å²) in [4.78, 5) is 33.3. The molecule has 146 valence electrons. The molecule has 0 bridgehead atoms. The highest BCUT2D eigenvalue weighted by Crippen LogP contribution is 2.28. The molecule has 0 spiro atoms. The Morgan fingerprint density at radius 1 is 0.800 bits per heavy atom. The molecule has 0 aliphatic carbocycles. The smallest absolute Gasteiger partial charge is 0.337 e. The standard InChI is InChI=1S/C18H32O7/c1-2-3-4-5-6-7-8-9-10-11-12-14(16(21)22)18(25,17(23)24)13-15(19)20/h14,25H,2-13H2,1H3,(H,19,20)(H,21,22)(H,23,24)/t14-,18-/m1/s1. The number of aliphatic carboxylic acids is 3. The monoisotopic (exact) mass is 360 g/mol. The first-order valence-corrected chi connectivity index (χ1v) is 9.16. The van der Waals surface area contributed by atoms with Gasteiger partial charge in [0.05, 0.1) is 12.3 Å². The number of carboxylic acid groups (broad SMARTS) is 3. The Balaban J connectivity index is 4.22. The van der Waals surface area contributed by atoms with Crippen LogP contribution < -0.4 is 0 Å². The van der Waals surface area contributed by atoms with Crippen molar-refractivity contribution in [3.05, 3.63) is 0 Å². The molecule has 25 heavy (non-hydrogen) atoms. The van der Waals surface area contributed by atoms with Crippen molar-refractivity contribution in [2.45, 2.75) is 89.6 Å². The van der Waals surface area contributed by atoms with E-state index in [1.54, 1.807) is 0 Å². The Kier molecular flexibility index (Phi) is 11.9. The van der Waals surface area contributed by atoms with E-state index < -0.39 is 35.8 Å². The van der Waals surface area contributed by atoms with E-state index in [1.807, 2.05) is 0 Å². The minimum absolute atomic E-state index is 0.0537. The summed E-state index contributed by atoms with van der Waals surface area (Å²) in [6.07, 6.45) is 9.26. The minimum atomic E-state index is -2.78. The number of hydrogen-bond donors (Lipinski definition) is 4. The first-order valence-electron chi connectivity index (χ1n) is 9.16. The third kappa shape index (κ3) is 9.43. The van der Waals surface area contributed by atoms with Crippen molar-refractivity contribution in [1.29, 1.82) is 0 Å². The lowest BCUT2D eigenvalue weighted by Crippen LogP contribution is -2.50. The van der Waals surface area contributed by atoms with Crippen LogP contribution in [0.15, 0.2) is 0 Å². The van der Waals surface area contributed by atoms with Crippen molar-refractivity contribution in [2.75, 3.05) is 0 Å². The van der Waals surface area contributed by atoms with E-state index in [0.29, 0.717) is 6.42 Å². The van der Waals surface area contributed by atoms with Gasteiger partial charge in [-0.3, -0.25) is 9.59 Å². The third-order valence-electron chi connectivity index (χ3n) is 4.51. The van der Waals surface area contributed by atoms with Crippen LogP contribution >= 0.6 is 0 Å². The van der Waals surface area contributed by atoms with Crippen molar-refractivity contribution in [3.63, 3.8) is 0 Å². The molecule has 4 N–H and O–H groups in total. The molecule has 0 aromatic heterocycles. The van der Waals surface area contributed by atoms with Crippen molar-refractivity contribution in [2.24, 2.45) is 5.92 Å². The van der Waals surface area contributed by atoms with Gasteiger partial charge in [-0.05, 0) is 6.42 Å². The molecule has 0 heterocycles. The molecular formula is C18H32O7. The average Bonchev–Trinajstić information content (AvgIpc) is 2.51. The van der Waals surface area contributed by atoms with Gasteiger partial charge < -0.3 is 20.4 Å². The van der Waals surface area contributed by atoms with Crippen LogP contribution in [0.4, 0.5) is 0 Å². The second-order valence-corrected chi connectivity index (χ2v) is 6.66. The summed E-state index contributed by atoms with van der Waals surface area (Å²) >= 11 is 0. The maximum atomic E-state index is 11.3. The number of unbranched alkanes of at least 4 members (excludes halogenated alkanes) is 9. The van der Waals surface area contributed by atoms with E-state index in [9.17, 15) is 24.6 Å². The maximum Gasteiger partial charge on any atom is 0.337 e. The first-order chi connectivity index (χ1) is 11.8. The van der Waals surface area contributed by atoms with Gasteiger partial charge in [-0.25, -0.2) is 4.79 Å². The molecule has 7 heteroatoms. The molecule has 0 aliphatic heterocycles. The van der Waals surface area contributed by atoms with Crippen LogP contribution in [0.5, 0.6) is 0 Å². The molecule has 0 rings (SSSR count). The zero-order valence-electron chi connectivity index (χ0n) is 15.1. The van der Waals surface area contributed by atoms with Gasteiger partial charge in [-0.1, -0.05) is 71.1 Å². The molecule has 7 nitrogen and oxygen atoms in total. The Labute approximate surface area is 149 Å². The first kappa shape index (κ1) is 23.4. The fraction of sp³-hybridized carbons (Fsp3) is 0.833. The van der Waals surface area contributed by atoms with Gasteiger partial charge in [0.1, 0.15) is 0 Å². The molecule has 0 aromatic carbocycles. The van der Waals surface area contributed by atoms with Gasteiger partial charge in [0.25, 0.3) is 0 Å². The Bertz CT molecular complexity index is 422. The lowest BCUT2D eigenvalue weighted by molar-refractivity contribution is -0.179. The number of hydrogen-bond acceptors (Lipinski definition) is 4. The van der Waals surface area contributed by atoms with Gasteiger partial charge in [0, 0.05) is 0 Å². The van der Waals surface area contributed by atoms with Crippen molar-refractivity contribution in [1.82, 2.24) is 0 Å². The number of aliphatic hydroxyl groups is 1. The quantitative estimate of drug-likeness (QED) is 0.310. The van der Waals surface area contributed by atoms with Crippen LogP contribution in [0.2, 0.25) is 0 Å². The molecule has 0 radical (unpaired) electrons. The fourth-order valence-electron chi connectivity index (χ4n) is 2.98. The highest BCUT2D eigenvalue weighted by Gasteiger charge is 2.49. The molecule has 0 amide bonds. The maximum absolute atomic E-state index is 11.3. The summed E-state index contributed by atoms with van der Waals surface area (Å²) in [6.45, 7) is 2.17. The fourth-order valence-corrected chi connectivity index (χ4v) is 2.98. The predicted octanol–water partition coefficient (Wildman–Crippen LogP) is 3.29. The molecule has 0 aliphatic rings. The molecule has 0 aromatic rings. The van der Waals surface area contributed by atoms with Crippen molar-refractivity contribution >= 4 is 17.9 Å². The summed E-state index contributed by atoms with van der Waals surface area (Å²) in [5, 5.41) is 37.1. The summed E-state index contributed by atoms with van der Waals surface area (Å²) in [7, 11) is 0. The summed E-state index contributed by atoms with van der Waals surface area (Å²) in [5.74, 6) is -6.47. The van der Waals surface area contributed by atoms with Crippen LogP contribution in [0.25, 0.3) is 0 Å². The molecule has 0 fully saturated rings. The van der Waals surface area contributed by atoms with Crippen molar-refractivity contribution in [3.8, 4) is 0 Å². The Morgan fingerprint density at radius 2 is 1.24 bits per heavy atom. The Morgan fingerprint density at radius 3 is 1.60 bits per heavy atom. The second kappa shape index (κ2) is 12.7.